The Hall–Kier alpha value is -3.48. The Morgan fingerprint density at radius 3 is 1.76 bits per heavy atom. The van der Waals surface area contributed by atoms with Gasteiger partial charge in [-0.1, -0.05) is 85.6 Å². The van der Waals surface area contributed by atoms with Crippen molar-refractivity contribution in [1.82, 2.24) is 10.8 Å². The molecule has 0 aliphatic heterocycles. The summed E-state index contributed by atoms with van der Waals surface area (Å²) >= 11 is 0. The van der Waals surface area contributed by atoms with Gasteiger partial charge in [0.1, 0.15) is 5.60 Å². The predicted octanol–water partition coefficient (Wildman–Crippen LogP) is 4.16. The van der Waals surface area contributed by atoms with Gasteiger partial charge in [0.05, 0.1) is 0 Å². The van der Waals surface area contributed by atoms with E-state index < -0.39 is 5.60 Å². The molecule has 172 valence electrons. The fourth-order valence-corrected chi connectivity index (χ4v) is 3.85. The molecule has 0 aliphatic rings. The number of carbonyl (C=O) groups is 2. The Labute approximate surface area is 194 Å². The average molecular weight is 447 g/mol. The number of unbranched alkanes of at least 4 members (excludes halogenated alkanes) is 3. The van der Waals surface area contributed by atoms with E-state index in [1.165, 1.54) is 0 Å². The fourth-order valence-electron chi connectivity index (χ4n) is 3.85. The lowest BCUT2D eigenvalue weighted by Gasteiger charge is -2.30. The number of aliphatic hydroxyl groups is 1. The summed E-state index contributed by atoms with van der Waals surface area (Å²) in [4.78, 5) is 23.5. The molecule has 4 N–H and O–H groups in total. The van der Waals surface area contributed by atoms with Crippen LogP contribution < -0.4 is 10.8 Å². The van der Waals surface area contributed by atoms with E-state index in [9.17, 15) is 14.7 Å². The molecule has 6 heteroatoms. The summed E-state index contributed by atoms with van der Waals surface area (Å²) in [5.74, 6) is -0.539. The minimum absolute atomic E-state index is 0.163. The van der Waals surface area contributed by atoms with Crippen molar-refractivity contribution in [1.29, 1.82) is 0 Å². The first-order valence-corrected chi connectivity index (χ1v) is 11.2. The predicted molar refractivity (Wildman–Crippen MR) is 127 cm³/mol. The maximum Gasteiger partial charge on any atom is 0.251 e. The molecule has 0 saturated carbocycles. The van der Waals surface area contributed by atoms with Gasteiger partial charge in [-0.15, -0.1) is 0 Å². The van der Waals surface area contributed by atoms with Crippen molar-refractivity contribution in [3.63, 3.8) is 0 Å². The minimum Gasteiger partial charge on any atom is -0.376 e. The van der Waals surface area contributed by atoms with Crippen LogP contribution in [-0.2, 0) is 10.4 Å². The van der Waals surface area contributed by atoms with Crippen LogP contribution in [0, 0.1) is 0 Å². The quantitative estimate of drug-likeness (QED) is 0.154. The molecule has 0 aromatic heterocycles. The summed E-state index contributed by atoms with van der Waals surface area (Å²) in [6.45, 7) is 0.546. The van der Waals surface area contributed by atoms with Crippen LogP contribution in [0.3, 0.4) is 0 Å². The van der Waals surface area contributed by atoms with Gasteiger partial charge >= 0.3 is 0 Å². The molecular formula is C27H30N2O4. The summed E-state index contributed by atoms with van der Waals surface area (Å²) in [5.41, 5.74) is 3.01. The van der Waals surface area contributed by atoms with E-state index in [-0.39, 0.29) is 11.8 Å². The van der Waals surface area contributed by atoms with E-state index in [2.05, 4.69) is 5.32 Å². The van der Waals surface area contributed by atoms with Gasteiger partial charge in [0.25, 0.3) is 5.91 Å². The number of hydrogen-bond acceptors (Lipinski definition) is 4. The van der Waals surface area contributed by atoms with Crippen LogP contribution in [0.4, 0.5) is 0 Å². The van der Waals surface area contributed by atoms with Crippen molar-refractivity contribution < 1.29 is 19.9 Å². The molecule has 0 saturated heterocycles. The zero-order chi connectivity index (χ0) is 23.5. The largest absolute Gasteiger partial charge is 0.376 e. The fraction of sp³-hybridized carbons (Fsp3) is 0.259. The Balaban J connectivity index is 1.62. The normalized spacial score (nSPS) is 11.1. The van der Waals surface area contributed by atoms with Crippen molar-refractivity contribution in [2.75, 3.05) is 6.54 Å². The molecule has 0 fully saturated rings. The third-order valence-electron chi connectivity index (χ3n) is 5.69. The molecule has 3 rings (SSSR count). The van der Waals surface area contributed by atoms with Crippen LogP contribution in [0.15, 0.2) is 84.9 Å². The number of hydrogen-bond donors (Lipinski definition) is 4. The van der Waals surface area contributed by atoms with Gasteiger partial charge in [-0.2, -0.15) is 0 Å². The van der Waals surface area contributed by atoms with Crippen molar-refractivity contribution in [3.05, 3.63) is 107 Å². The smallest absolute Gasteiger partial charge is 0.251 e. The first kappa shape index (κ1) is 24.2. The summed E-state index contributed by atoms with van der Waals surface area (Å²) in [6.07, 6.45) is 3.56. The van der Waals surface area contributed by atoms with Gasteiger partial charge in [0.15, 0.2) is 0 Å². The van der Waals surface area contributed by atoms with Gasteiger partial charge < -0.3 is 10.4 Å². The summed E-state index contributed by atoms with van der Waals surface area (Å²) in [6, 6.07) is 26.0. The van der Waals surface area contributed by atoms with E-state index in [1.54, 1.807) is 29.7 Å². The van der Waals surface area contributed by atoms with E-state index in [0.29, 0.717) is 30.5 Å². The zero-order valence-corrected chi connectivity index (χ0v) is 18.5. The van der Waals surface area contributed by atoms with Gasteiger partial charge in [0, 0.05) is 18.5 Å². The number of benzene rings is 3. The van der Waals surface area contributed by atoms with E-state index in [1.807, 2.05) is 60.7 Å². The standard InChI is InChI=1S/C27H30N2O4/c30-25(29-33)15-9-1-2-10-20-28-26(31)21-16-18-24(19-17-21)27(32,22-11-5-3-6-12-22)23-13-7-4-8-14-23/h3-8,11-14,16-19,32-33H,1-2,9-10,15,20H2,(H,28,31)(H,29,30). The van der Waals surface area contributed by atoms with Crippen LogP contribution in [0.25, 0.3) is 0 Å². The molecule has 33 heavy (non-hydrogen) atoms. The third-order valence-corrected chi connectivity index (χ3v) is 5.69. The summed E-state index contributed by atoms with van der Waals surface area (Å²) in [5, 5.41) is 23.2. The highest BCUT2D eigenvalue weighted by Crippen LogP contribution is 2.36. The first-order valence-electron chi connectivity index (χ1n) is 11.2. The monoisotopic (exact) mass is 446 g/mol. The van der Waals surface area contributed by atoms with Crippen molar-refractivity contribution >= 4 is 11.8 Å². The highest BCUT2D eigenvalue weighted by atomic mass is 16.5. The maximum atomic E-state index is 12.5. The number of rotatable bonds is 11. The maximum absolute atomic E-state index is 12.5. The Morgan fingerprint density at radius 2 is 1.21 bits per heavy atom. The molecule has 0 radical (unpaired) electrons. The van der Waals surface area contributed by atoms with Crippen molar-refractivity contribution in [2.45, 2.75) is 37.7 Å². The lowest BCUT2D eigenvalue weighted by molar-refractivity contribution is -0.129. The molecule has 2 amide bonds. The molecule has 0 unspecified atom stereocenters. The Bertz CT molecular complexity index is 982. The molecule has 0 bridgehead atoms. The van der Waals surface area contributed by atoms with Gasteiger partial charge in [0.2, 0.25) is 5.91 Å². The van der Waals surface area contributed by atoms with Crippen molar-refractivity contribution in [2.24, 2.45) is 0 Å². The van der Waals surface area contributed by atoms with Crippen LogP contribution in [-0.4, -0.2) is 28.7 Å². The summed E-state index contributed by atoms with van der Waals surface area (Å²) < 4.78 is 0. The molecule has 0 atom stereocenters. The first-order chi connectivity index (χ1) is 16.1. The lowest BCUT2D eigenvalue weighted by atomic mass is 9.80. The number of hydroxylamine groups is 1. The minimum atomic E-state index is -1.33. The van der Waals surface area contributed by atoms with Gasteiger partial charge in [-0.25, -0.2) is 5.48 Å². The Morgan fingerprint density at radius 1 is 0.697 bits per heavy atom. The third kappa shape index (κ3) is 6.28. The van der Waals surface area contributed by atoms with Crippen LogP contribution in [0.2, 0.25) is 0 Å². The molecular weight excluding hydrogens is 416 g/mol. The second-order valence-electron chi connectivity index (χ2n) is 7.97. The number of nitrogens with one attached hydrogen (secondary N) is 2. The second kappa shape index (κ2) is 11.9. The zero-order valence-electron chi connectivity index (χ0n) is 18.5. The Kier molecular flexibility index (Phi) is 8.75. The molecule has 0 aliphatic carbocycles. The number of amides is 2. The average Bonchev–Trinajstić information content (AvgIpc) is 2.88. The van der Waals surface area contributed by atoms with Gasteiger partial charge in [-0.3, -0.25) is 14.8 Å². The molecule has 3 aromatic carbocycles. The molecule has 0 spiro atoms. The summed E-state index contributed by atoms with van der Waals surface area (Å²) in [7, 11) is 0. The van der Waals surface area contributed by atoms with Gasteiger partial charge in [-0.05, 0) is 41.7 Å². The highest BCUT2D eigenvalue weighted by Gasteiger charge is 2.33. The second-order valence-corrected chi connectivity index (χ2v) is 7.97. The highest BCUT2D eigenvalue weighted by molar-refractivity contribution is 5.94. The van der Waals surface area contributed by atoms with E-state index in [0.717, 1.165) is 30.4 Å². The SMILES string of the molecule is O=C(CCCCCCNC(=O)c1ccc(C(O)(c2ccccc2)c2ccccc2)cc1)NO. The van der Waals surface area contributed by atoms with Crippen LogP contribution >= 0.6 is 0 Å². The lowest BCUT2D eigenvalue weighted by Crippen LogP contribution is -2.29. The van der Waals surface area contributed by atoms with E-state index in [4.69, 9.17) is 5.21 Å². The molecule has 0 heterocycles. The number of carbonyl (C=O) groups excluding carboxylic acids is 2. The van der Waals surface area contributed by atoms with E-state index >= 15 is 0 Å². The molecule has 3 aromatic rings. The van der Waals surface area contributed by atoms with Crippen molar-refractivity contribution in [3.8, 4) is 0 Å². The molecule has 6 nitrogen and oxygen atoms in total. The van der Waals surface area contributed by atoms with Crippen LogP contribution in [0.1, 0.15) is 59.2 Å². The van der Waals surface area contributed by atoms with Crippen LogP contribution in [0.5, 0.6) is 0 Å². The topological polar surface area (TPSA) is 98.7 Å².